The van der Waals surface area contributed by atoms with Crippen LogP contribution in [0.15, 0.2) is 0 Å². The van der Waals surface area contributed by atoms with Gasteiger partial charge in [0.05, 0.1) is 5.60 Å². The zero-order chi connectivity index (χ0) is 11.1. The number of aliphatic hydroxyl groups excluding tert-OH is 1. The topological polar surface area (TPSA) is 29.5 Å². The Morgan fingerprint density at radius 1 is 1.40 bits per heavy atom. The summed E-state index contributed by atoms with van der Waals surface area (Å²) in [6, 6.07) is 0. The fourth-order valence-corrected chi connectivity index (χ4v) is 3.43. The molecule has 0 aromatic carbocycles. The lowest BCUT2D eigenvalue weighted by Crippen LogP contribution is -2.42. The van der Waals surface area contributed by atoms with E-state index in [1.807, 2.05) is 13.8 Å². The number of fused-ring (bicyclic) bond motifs is 2. The molecular weight excluding hydrogens is 188 g/mol. The molecule has 15 heavy (non-hydrogen) atoms. The predicted molar refractivity (Wildman–Crippen MR) is 60.4 cm³/mol. The molecule has 88 valence electrons. The van der Waals surface area contributed by atoms with Crippen LogP contribution in [0.2, 0.25) is 0 Å². The van der Waals surface area contributed by atoms with Gasteiger partial charge in [-0.05, 0) is 43.9 Å². The summed E-state index contributed by atoms with van der Waals surface area (Å²) in [6.45, 7) is 6.23. The van der Waals surface area contributed by atoms with Gasteiger partial charge in [0.2, 0.25) is 0 Å². The van der Waals surface area contributed by atoms with Crippen molar-refractivity contribution in [2.75, 3.05) is 0 Å². The molecule has 0 spiro atoms. The summed E-state index contributed by atoms with van der Waals surface area (Å²) in [5.74, 6) is 1.78. The highest BCUT2D eigenvalue weighted by Gasteiger charge is 2.51. The van der Waals surface area contributed by atoms with E-state index < -0.39 is 6.29 Å². The van der Waals surface area contributed by atoms with Gasteiger partial charge in [0.1, 0.15) is 0 Å². The SMILES string of the molecule is CCC1(OC(O)C(C)C)CC2CCC1C2. The highest BCUT2D eigenvalue weighted by Crippen LogP contribution is 2.54. The summed E-state index contributed by atoms with van der Waals surface area (Å²) >= 11 is 0. The predicted octanol–water partition coefficient (Wildman–Crippen LogP) is 2.95. The van der Waals surface area contributed by atoms with Gasteiger partial charge in [0.15, 0.2) is 6.29 Å². The van der Waals surface area contributed by atoms with Crippen LogP contribution in [0.1, 0.15) is 52.9 Å². The van der Waals surface area contributed by atoms with E-state index >= 15 is 0 Å². The van der Waals surface area contributed by atoms with E-state index in [0.717, 1.165) is 12.3 Å². The van der Waals surface area contributed by atoms with Gasteiger partial charge in [-0.1, -0.05) is 20.8 Å². The highest BCUT2D eigenvalue weighted by atomic mass is 16.6. The van der Waals surface area contributed by atoms with E-state index in [4.69, 9.17) is 4.74 Å². The molecular formula is C13H24O2. The first-order valence-corrected chi connectivity index (χ1v) is 6.43. The zero-order valence-electron chi connectivity index (χ0n) is 10.2. The highest BCUT2D eigenvalue weighted by molar-refractivity contribution is 5.01. The maximum absolute atomic E-state index is 9.89. The second-order valence-electron chi connectivity index (χ2n) is 5.75. The third kappa shape index (κ3) is 1.94. The molecule has 2 aliphatic carbocycles. The fraction of sp³-hybridized carbons (Fsp3) is 1.00. The molecule has 2 saturated carbocycles. The quantitative estimate of drug-likeness (QED) is 0.726. The van der Waals surface area contributed by atoms with Crippen molar-refractivity contribution >= 4 is 0 Å². The molecule has 4 atom stereocenters. The molecule has 0 heterocycles. The van der Waals surface area contributed by atoms with Gasteiger partial charge in [0, 0.05) is 5.92 Å². The van der Waals surface area contributed by atoms with Crippen LogP contribution in [-0.4, -0.2) is 17.0 Å². The van der Waals surface area contributed by atoms with E-state index in [9.17, 15) is 5.11 Å². The third-order valence-electron chi connectivity index (χ3n) is 4.44. The first kappa shape index (κ1) is 11.4. The molecule has 2 aliphatic rings. The molecule has 0 aromatic rings. The average Bonchev–Trinajstić information content (AvgIpc) is 2.77. The second-order valence-corrected chi connectivity index (χ2v) is 5.75. The van der Waals surface area contributed by atoms with E-state index in [-0.39, 0.29) is 11.5 Å². The Kier molecular flexibility index (Phi) is 3.09. The number of hydrogen-bond acceptors (Lipinski definition) is 2. The van der Waals surface area contributed by atoms with Gasteiger partial charge in [-0.25, -0.2) is 0 Å². The van der Waals surface area contributed by atoms with E-state index in [1.165, 1.54) is 25.7 Å². The van der Waals surface area contributed by atoms with Gasteiger partial charge in [0.25, 0.3) is 0 Å². The van der Waals surface area contributed by atoms with Crippen molar-refractivity contribution < 1.29 is 9.84 Å². The van der Waals surface area contributed by atoms with E-state index in [1.54, 1.807) is 0 Å². The van der Waals surface area contributed by atoms with Crippen molar-refractivity contribution in [2.45, 2.75) is 64.8 Å². The Bertz CT molecular complexity index is 227. The standard InChI is InChI=1S/C13H24O2/c1-4-13(15-12(14)9(2)3)8-10-5-6-11(13)7-10/h9-12,14H,4-8H2,1-3H3. The first-order valence-electron chi connectivity index (χ1n) is 6.43. The largest absolute Gasteiger partial charge is 0.368 e. The minimum absolute atomic E-state index is 0.00655. The molecule has 2 heteroatoms. The lowest BCUT2D eigenvalue weighted by molar-refractivity contribution is -0.222. The van der Waals surface area contributed by atoms with Gasteiger partial charge in [-0.3, -0.25) is 0 Å². The molecule has 1 N–H and O–H groups in total. The molecule has 4 unspecified atom stereocenters. The summed E-state index contributed by atoms with van der Waals surface area (Å²) in [5, 5.41) is 9.89. The van der Waals surface area contributed by atoms with Crippen LogP contribution in [-0.2, 0) is 4.74 Å². The minimum Gasteiger partial charge on any atom is -0.368 e. The molecule has 0 amide bonds. The Hall–Kier alpha value is -0.0800. The van der Waals surface area contributed by atoms with Crippen molar-refractivity contribution in [2.24, 2.45) is 17.8 Å². The Balaban J connectivity index is 2.03. The Labute approximate surface area is 93.0 Å². The lowest BCUT2D eigenvalue weighted by atomic mass is 9.82. The van der Waals surface area contributed by atoms with Gasteiger partial charge in [-0.2, -0.15) is 0 Å². The Morgan fingerprint density at radius 3 is 2.53 bits per heavy atom. The van der Waals surface area contributed by atoms with Gasteiger partial charge >= 0.3 is 0 Å². The first-order chi connectivity index (χ1) is 7.07. The van der Waals surface area contributed by atoms with Crippen molar-refractivity contribution in [3.05, 3.63) is 0 Å². The van der Waals surface area contributed by atoms with Crippen LogP contribution in [0.4, 0.5) is 0 Å². The Morgan fingerprint density at radius 2 is 2.13 bits per heavy atom. The van der Waals surface area contributed by atoms with Crippen LogP contribution in [0.3, 0.4) is 0 Å². The number of ether oxygens (including phenoxy) is 1. The van der Waals surface area contributed by atoms with Crippen LogP contribution in [0, 0.1) is 17.8 Å². The molecule has 2 rings (SSSR count). The smallest absolute Gasteiger partial charge is 0.157 e. The van der Waals surface area contributed by atoms with E-state index in [2.05, 4.69) is 6.92 Å². The molecule has 2 bridgehead atoms. The molecule has 2 fully saturated rings. The summed E-state index contributed by atoms with van der Waals surface area (Å²) in [5.41, 5.74) is 0.00655. The number of aliphatic hydroxyl groups is 1. The minimum atomic E-state index is -0.579. The lowest BCUT2D eigenvalue weighted by Gasteiger charge is -2.39. The maximum Gasteiger partial charge on any atom is 0.157 e. The summed E-state index contributed by atoms with van der Waals surface area (Å²) in [7, 11) is 0. The average molecular weight is 212 g/mol. The molecule has 2 nitrogen and oxygen atoms in total. The van der Waals surface area contributed by atoms with Crippen molar-refractivity contribution in [1.82, 2.24) is 0 Å². The summed E-state index contributed by atoms with van der Waals surface area (Å²) in [4.78, 5) is 0. The van der Waals surface area contributed by atoms with Crippen molar-refractivity contribution in [3.63, 3.8) is 0 Å². The second kappa shape index (κ2) is 4.06. The molecule has 0 aromatic heterocycles. The molecule has 0 radical (unpaired) electrons. The summed E-state index contributed by atoms with van der Waals surface area (Å²) in [6.07, 6.45) is 5.68. The van der Waals surface area contributed by atoms with Crippen molar-refractivity contribution in [1.29, 1.82) is 0 Å². The van der Waals surface area contributed by atoms with Crippen LogP contribution < -0.4 is 0 Å². The van der Waals surface area contributed by atoms with E-state index in [0.29, 0.717) is 5.92 Å². The van der Waals surface area contributed by atoms with Crippen molar-refractivity contribution in [3.8, 4) is 0 Å². The fourth-order valence-electron chi connectivity index (χ4n) is 3.43. The number of hydrogen-bond donors (Lipinski definition) is 1. The van der Waals surface area contributed by atoms with Crippen LogP contribution in [0.5, 0.6) is 0 Å². The summed E-state index contributed by atoms with van der Waals surface area (Å²) < 4.78 is 6.00. The van der Waals surface area contributed by atoms with Crippen LogP contribution in [0.25, 0.3) is 0 Å². The maximum atomic E-state index is 9.89. The normalized spacial score (nSPS) is 41.4. The van der Waals surface area contributed by atoms with Gasteiger partial charge < -0.3 is 9.84 Å². The van der Waals surface area contributed by atoms with Gasteiger partial charge in [-0.15, -0.1) is 0 Å². The zero-order valence-corrected chi connectivity index (χ0v) is 10.2. The molecule has 0 saturated heterocycles. The monoisotopic (exact) mass is 212 g/mol. The molecule has 0 aliphatic heterocycles. The number of rotatable bonds is 4. The van der Waals surface area contributed by atoms with Crippen LogP contribution >= 0.6 is 0 Å². The third-order valence-corrected chi connectivity index (χ3v) is 4.44.